The zero-order valence-corrected chi connectivity index (χ0v) is 14.2. The average Bonchev–Trinajstić information content (AvgIpc) is 2.56. The van der Waals surface area contributed by atoms with Crippen molar-refractivity contribution in [2.75, 3.05) is 0 Å². The van der Waals surface area contributed by atoms with Gasteiger partial charge in [0.25, 0.3) is 11.8 Å². The van der Waals surface area contributed by atoms with Crippen molar-refractivity contribution in [2.24, 2.45) is 0 Å². The summed E-state index contributed by atoms with van der Waals surface area (Å²) in [5, 5.41) is -0.313. The molecule has 23 heavy (non-hydrogen) atoms. The number of aryl methyl sites for hydroxylation is 2. The molecule has 0 fully saturated rings. The Kier molecular flexibility index (Phi) is 5.82. The smallest absolute Gasteiger partial charge is 0.269 e. The third kappa shape index (κ3) is 4.86. The predicted octanol–water partition coefficient (Wildman–Crippen LogP) is 3.25. The predicted molar refractivity (Wildman–Crippen MR) is 93.3 cm³/mol. The van der Waals surface area contributed by atoms with Gasteiger partial charge in [0.1, 0.15) is 0 Å². The number of amides is 2. The number of carbonyl (C=O) groups excluding carboxylic acids is 2. The molecule has 1 atom stereocenters. The van der Waals surface area contributed by atoms with E-state index in [1.807, 2.05) is 39.0 Å². The van der Waals surface area contributed by atoms with Gasteiger partial charge in [-0.2, -0.15) is 0 Å². The van der Waals surface area contributed by atoms with Crippen molar-refractivity contribution in [3.8, 4) is 0 Å². The Hall–Kier alpha value is -2.27. The molecule has 2 aromatic carbocycles. The highest BCUT2D eigenvalue weighted by Gasteiger charge is 2.16. The first-order chi connectivity index (χ1) is 11.0. The van der Waals surface area contributed by atoms with E-state index in [2.05, 4.69) is 16.9 Å². The van der Waals surface area contributed by atoms with Gasteiger partial charge < -0.3 is 0 Å². The highest BCUT2D eigenvalue weighted by atomic mass is 32.2. The van der Waals surface area contributed by atoms with Crippen molar-refractivity contribution in [2.45, 2.75) is 30.9 Å². The molecular formula is C18H20N2O2S. The summed E-state index contributed by atoms with van der Waals surface area (Å²) in [5.74, 6) is -0.567. The average molecular weight is 328 g/mol. The molecule has 0 bridgehead atoms. The van der Waals surface area contributed by atoms with Gasteiger partial charge in [-0.25, -0.2) is 0 Å². The van der Waals surface area contributed by atoms with Crippen molar-refractivity contribution in [1.82, 2.24) is 10.9 Å². The molecule has 0 aliphatic heterocycles. The first kappa shape index (κ1) is 17.1. The number of thioether (sulfide) groups is 1. The molecule has 120 valence electrons. The second-order valence-corrected chi connectivity index (χ2v) is 6.72. The van der Waals surface area contributed by atoms with E-state index in [9.17, 15) is 9.59 Å². The second kappa shape index (κ2) is 7.83. The fourth-order valence-corrected chi connectivity index (χ4v) is 3.01. The largest absolute Gasteiger partial charge is 0.272 e. The Morgan fingerprint density at radius 2 is 1.70 bits per heavy atom. The summed E-state index contributed by atoms with van der Waals surface area (Å²) in [4.78, 5) is 25.1. The Morgan fingerprint density at radius 1 is 1.00 bits per heavy atom. The minimum atomic E-state index is -0.331. The van der Waals surface area contributed by atoms with Gasteiger partial charge in [-0.15, -0.1) is 11.8 Å². The Labute approximate surface area is 140 Å². The van der Waals surface area contributed by atoms with Crippen LogP contribution in [0, 0.1) is 13.8 Å². The topological polar surface area (TPSA) is 58.2 Å². The molecule has 0 aliphatic rings. The van der Waals surface area contributed by atoms with Gasteiger partial charge in [-0.1, -0.05) is 35.9 Å². The SMILES string of the molecule is Cc1ccc(C)c(S[C@@H](C)C(=O)NNC(=O)c2ccccc2)c1. The van der Waals surface area contributed by atoms with Crippen molar-refractivity contribution in [3.05, 3.63) is 65.2 Å². The Balaban J connectivity index is 1.90. The van der Waals surface area contributed by atoms with Gasteiger partial charge in [0.15, 0.2) is 0 Å². The first-order valence-electron chi connectivity index (χ1n) is 7.36. The van der Waals surface area contributed by atoms with Crippen molar-refractivity contribution in [3.63, 3.8) is 0 Å². The molecule has 0 spiro atoms. The molecule has 2 rings (SSSR count). The maximum Gasteiger partial charge on any atom is 0.269 e. The van der Waals surface area contributed by atoms with Crippen molar-refractivity contribution < 1.29 is 9.59 Å². The molecule has 0 saturated heterocycles. The lowest BCUT2D eigenvalue weighted by Gasteiger charge is -2.14. The molecule has 0 unspecified atom stereocenters. The fraction of sp³-hybridized carbons (Fsp3) is 0.222. The molecule has 0 saturated carbocycles. The van der Waals surface area contributed by atoms with Crippen molar-refractivity contribution >= 4 is 23.6 Å². The van der Waals surface area contributed by atoms with Crippen LogP contribution in [-0.2, 0) is 4.79 Å². The maximum atomic E-state index is 12.1. The third-order valence-electron chi connectivity index (χ3n) is 3.35. The zero-order valence-electron chi connectivity index (χ0n) is 13.4. The summed E-state index contributed by atoms with van der Waals surface area (Å²) in [7, 11) is 0. The van der Waals surface area contributed by atoms with E-state index in [4.69, 9.17) is 0 Å². The van der Waals surface area contributed by atoms with Crippen LogP contribution < -0.4 is 10.9 Å². The van der Waals surface area contributed by atoms with Crippen LogP contribution >= 0.6 is 11.8 Å². The van der Waals surface area contributed by atoms with Crippen molar-refractivity contribution in [1.29, 1.82) is 0 Å². The lowest BCUT2D eigenvalue weighted by atomic mass is 10.2. The highest BCUT2D eigenvalue weighted by Crippen LogP contribution is 2.27. The van der Waals surface area contributed by atoms with E-state index in [-0.39, 0.29) is 17.1 Å². The molecule has 0 radical (unpaired) electrons. The highest BCUT2D eigenvalue weighted by molar-refractivity contribution is 8.00. The van der Waals surface area contributed by atoms with Crippen LogP contribution in [0.25, 0.3) is 0 Å². The van der Waals surface area contributed by atoms with E-state index in [1.54, 1.807) is 24.3 Å². The number of rotatable bonds is 4. The molecule has 2 N–H and O–H groups in total. The first-order valence-corrected chi connectivity index (χ1v) is 8.24. The molecule has 0 aliphatic carbocycles. The summed E-state index contributed by atoms with van der Waals surface area (Å²) >= 11 is 1.48. The second-order valence-electron chi connectivity index (χ2n) is 5.34. The fourth-order valence-electron chi connectivity index (χ4n) is 1.96. The van der Waals surface area contributed by atoms with Crippen LogP contribution in [0.4, 0.5) is 0 Å². The molecule has 0 heterocycles. The van der Waals surface area contributed by atoms with E-state index >= 15 is 0 Å². The van der Waals surface area contributed by atoms with Gasteiger partial charge in [0.2, 0.25) is 0 Å². The van der Waals surface area contributed by atoms with Gasteiger partial charge >= 0.3 is 0 Å². The minimum Gasteiger partial charge on any atom is -0.272 e. The van der Waals surface area contributed by atoms with E-state index < -0.39 is 0 Å². The lowest BCUT2D eigenvalue weighted by molar-refractivity contribution is -0.121. The van der Waals surface area contributed by atoms with Crippen LogP contribution in [0.3, 0.4) is 0 Å². The summed E-state index contributed by atoms with van der Waals surface area (Å²) < 4.78 is 0. The summed E-state index contributed by atoms with van der Waals surface area (Å²) in [5.41, 5.74) is 7.71. The standard InChI is InChI=1S/C18H20N2O2S/c1-12-9-10-13(2)16(11-12)23-14(3)17(21)19-20-18(22)15-7-5-4-6-8-15/h4-11,14H,1-3H3,(H,19,21)(H,20,22)/t14-/m0/s1. The Bertz CT molecular complexity index is 701. The van der Waals surface area contributed by atoms with Crippen LogP contribution in [-0.4, -0.2) is 17.1 Å². The quantitative estimate of drug-likeness (QED) is 0.669. The minimum absolute atomic E-state index is 0.236. The number of carbonyl (C=O) groups is 2. The number of nitrogens with one attached hydrogen (secondary N) is 2. The molecule has 0 aromatic heterocycles. The van der Waals surface area contributed by atoms with E-state index in [0.717, 1.165) is 16.0 Å². The Morgan fingerprint density at radius 3 is 2.39 bits per heavy atom. The maximum absolute atomic E-state index is 12.1. The summed E-state index contributed by atoms with van der Waals surface area (Å²) in [6.07, 6.45) is 0. The van der Waals surface area contributed by atoms with Gasteiger partial charge in [-0.05, 0) is 44.5 Å². The van der Waals surface area contributed by atoms with Gasteiger partial charge in [0, 0.05) is 10.5 Å². The van der Waals surface area contributed by atoms with E-state index in [1.165, 1.54) is 11.8 Å². The van der Waals surface area contributed by atoms with Crippen LogP contribution in [0.2, 0.25) is 0 Å². The number of benzene rings is 2. The van der Waals surface area contributed by atoms with Crippen LogP contribution in [0.1, 0.15) is 28.4 Å². The number of hydrogen-bond acceptors (Lipinski definition) is 3. The molecular weight excluding hydrogens is 308 g/mol. The zero-order chi connectivity index (χ0) is 16.8. The third-order valence-corrected chi connectivity index (χ3v) is 4.61. The summed E-state index contributed by atoms with van der Waals surface area (Å²) in [6.45, 7) is 5.86. The molecule has 2 amide bonds. The number of hydrazine groups is 1. The van der Waals surface area contributed by atoms with Gasteiger partial charge in [0.05, 0.1) is 5.25 Å². The van der Waals surface area contributed by atoms with Crippen LogP contribution in [0.5, 0.6) is 0 Å². The summed E-state index contributed by atoms with van der Waals surface area (Å²) in [6, 6.07) is 14.9. The number of hydrogen-bond donors (Lipinski definition) is 2. The molecule has 4 nitrogen and oxygen atoms in total. The van der Waals surface area contributed by atoms with E-state index in [0.29, 0.717) is 5.56 Å². The normalized spacial score (nSPS) is 11.6. The van der Waals surface area contributed by atoms with Crippen LogP contribution in [0.15, 0.2) is 53.4 Å². The monoisotopic (exact) mass is 328 g/mol. The van der Waals surface area contributed by atoms with Gasteiger partial charge in [-0.3, -0.25) is 20.4 Å². The molecule has 2 aromatic rings. The molecule has 5 heteroatoms. The lowest BCUT2D eigenvalue weighted by Crippen LogP contribution is -2.44.